The number of carbonyl (C=O) groups is 1. The summed E-state index contributed by atoms with van der Waals surface area (Å²) in [6.07, 6.45) is 2.68. The molecule has 0 radical (unpaired) electrons. The number of nitrogens with zero attached hydrogens (tertiary/aromatic N) is 1. The number of rotatable bonds is 6. The van der Waals surface area contributed by atoms with Crippen molar-refractivity contribution in [1.29, 1.82) is 0 Å². The van der Waals surface area contributed by atoms with E-state index in [4.69, 9.17) is 4.74 Å². The number of carbonyl (C=O) groups excluding carboxylic acids is 1. The lowest BCUT2D eigenvalue weighted by Crippen LogP contribution is -2.40. The summed E-state index contributed by atoms with van der Waals surface area (Å²) in [5.41, 5.74) is 1.54. The van der Waals surface area contributed by atoms with Crippen LogP contribution in [0.15, 0.2) is 40.8 Å². The lowest BCUT2D eigenvalue weighted by molar-refractivity contribution is -0.117. The van der Waals surface area contributed by atoms with E-state index in [9.17, 15) is 13.2 Å². The highest BCUT2D eigenvalue weighted by atomic mass is 32.2. The fraction of sp³-hybridized carbons (Fsp3) is 0.471. The molecule has 0 atom stereocenters. The Kier molecular flexibility index (Phi) is 6.53. The first kappa shape index (κ1) is 18.6. The Morgan fingerprint density at radius 2 is 1.88 bits per heavy atom. The van der Waals surface area contributed by atoms with Gasteiger partial charge in [-0.1, -0.05) is 25.1 Å². The van der Waals surface area contributed by atoms with Crippen LogP contribution < -0.4 is 5.32 Å². The Morgan fingerprint density at radius 3 is 2.46 bits per heavy atom. The summed E-state index contributed by atoms with van der Waals surface area (Å²) in [5, 5.41) is 2.82. The Hall–Kier alpha value is -1.70. The van der Waals surface area contributed by atoms with Crippen LogP contribution in [-0.2, 0) is 26.1 Å². The number of sulfonamides is 1. The van der Waals surface area contributed by atoms with E-state index < -0.39 is 10.0 Å². The summed E-state index contributed by atoms with van der Waals surface area (Å²) in [7, 11) is -3.47. The van der Waals surface area contributed by atoms with Gasteiger partial charge in [0.25, 0.3) is 0 Å². The van der Waals surface area contributed by atoms with Crippen molar-refractivity contribution in [2.75, 3.05) is 26.3 Å². The van der Waals surface area contributed by atoms with Crippen molar-refractivity contribution in [2.45, 2.75) is 31.7 Å². The highest BCUT2D eigenvalue weighted by molar-refractivity contribution is 7.89. The molecule has 1 heterocycles. The number of hydrogen-bond donors (Lipinski definition) is 1. The molecule has 0 aliphatic carbocycles. The second-order valence-electron chi connectivity index (χ2n) is 5.64. The van der Waals surface area contributed by atoms with Gasteiger partial charge in [-0.15, -0.1) is 0 Å². The third-order valence-corrected chi connectivity index (χ3v) is 5.77. The van der Waals surface area contributed by atoms with Crippen LogP contribution in [0.1, 0.15) is 25.8 Å². The molecule has 0 unspecified atom stereocenters. The first-order valence-electron chi connectivity index (χ1n) is 8.07. The zero-order valence-electron chi connectivity index (χ0n) is 14.1. The number of allylic oxidation sites excluding steroid dienone is 1. The molecule has 132 valence electrons. The van der Waals surface area contributed by atoms with Crippen LogP contribution in [0.2, 0.25) is 0 Å². The van der Waals surface area contributed by atoms with Gasteiger partial charge in [-0.25, -0.2) is 8.42 Å². The van der Waals surface area contributed by atoms with Gasteiger partial charge in [0.15, 0.2) is 0 Å². The van der Waals surface area contributed by atoms with E-state index in [-0.39, 0.29) is 10.8 Å². The Morgan fingerprint density at radius 1 is 1.25 bits per heavy atom. The molecule has 1 aromatic rings. The van der Waals surface area contributed by atoms with Crippen molar-refractivity contribution in [3.05, 3.63) is 41.5 Å². The van der Waals surface area contributed by atoms with E-state index in [2.05, 4.69) is 5.32 Å². The summed E-state index contributed by atoms with van der Waals surface area (Å²) in [6, 6.07) is 6.63. The topological polar surface area (TPSA) is 75.7 Å². The smallest absolute Gasteiger partial charge is 0.246 e. The van der Waals surface area contributed by atoms with Crippen LogP contribution in [0.5, 0.6) is 0 Å². The monoisotopic (exact) mass is 352 g/mol. The maximum Gasteiger partial charge on any atom is 0.246 e. The lowest BCUT2D eigenvalue weighted by atomic mass is 10.2. The van der Waals surface area contributed by atoms with E-state index in [0.717, 1.165) is 12.0 Å². The maximum absolute atomic E-state index is 12.5. The van der Waals surface area contributed by atoms with Crippen molar-refractivity contribution in [3.8, 4) is 0 Å². The summed E-state index contributed by atoms with van der Waals surface area (Å²) in [6.45, 7) is 5.72. The van der Waals surface area contributed by atoms with E-state index in [1.54, 1.807) is 31.2 Å². The molecule has 0 saturated carbocycles. The minimum Gasteiger partial charge on any atom is -0.379 e. The zero-order valence-corrected chi connectivity index (χ0v) is 14.9. The molecular formula is C17H24N2O4S. The second-order valence-corrected chi connectivity index (χ2v) is 7.58. The van der Waals surface area contributed by atoms with Crippen LogP contribution in [0.3, 0.4) is 0 Å². The molecule has 1 aliphatic heterocycles. The molecule has 24 heavy (non-hydrogen) atoms. The van der Waals surface area contributed by atoms with Gasteiger partial charge in [-0.2, -0.15) is 4.31 Å². The molecule has 1 aliphatic rings. The normalized spacial score (nSPS) is 16.8. The summed E-state index contributed by atoms with van der Waals surface area (Å²) >= 11 is 0. The highest BCUT2D eigenvalue weighted by Crippen LogP contribution is 2.17. The van der Waals surface area contributed by atoms with Crippen molar-refractivity contribution in [1.82, 2.24) is 9.62 Å². The molecule has 2 rings (SSSR count). The van der Waals surface area contributed by atoms with Crippen molar-refractivity contribution < 1.29 is 17.9 Å². The minimum absolute atomic E-state index is 0.109. The van der Waals surface area contributed by atoms with Gasteiger partial charge in [-0.05, 0) is 31.0 Å². The molecule has 6 nitrogen and oxygen atoms in total. The molecule has 0 spiro atoms. The Labute approximate surface area is 143 Å². The maximum atomic E-state index is 12.5. The molecule has 1 fully saturated rings. The summed E-state index contributed by atoms with van der Waals surface area (Å²) < 4.78 is 31.7. The van der Waals surface area contributed by atoms with Gasteiger partial charge < -0.3 is 10.1 Å². The largest absolute Gasteiger partial charge is 0.379 e. The van der Waals surface area contributed by atoms with Crippen LogP contribution >= 0.6 is 0 Å². The van der Waals surface area contributed by atoms with Gasteiger partial charge in [0.1, 0.15) is 0 Å². The van der Waals surface area contributed by atoms with E-state index in [1.165, 1.54) is 4.31 Å². The molecule has 7 heteroatoms. The summed E-state index contributed by atoms with van der Waals surface area (Å²) in [4.78, 5) is 12.1. The SMILES string of the molecule is CC/C=C(\C)C(=O)NCc1ccc(S(=O)(=O)N2CCOCC2)cc1. The zero-order chi connectivity index (χ0) is 17.6. The lowest BCUT2D eigenvalue weighted by Gasteiger charge is -2.26. The molecular weight excluding hydrogens is 328 g/mol. The summed E-state index contributed by atoms with van der Waals surface area (Å²) in [5.74, 6) is -0.109. The first-order chi connectivity index (χ1) is 11.4. The van der Waals surface area contributed by atoms with E-state index >= 15 is 0 Å². The number of nitrogens with one attached hydrogen (secondary N) is 1. The highest BCUT2D eigenvalue weighted by Gasteiger charge is 2.26. The fourth-order valence-corrected chi connectivity index (χ4v) is 3.84. The van der Waals surface area contributed by atoms with Crippen LogP contribution in [0.25, 0.3) is 0 Å². The van der Waals surface area contributed by atoms with Gasteiger partial charge in [-0.3, -0.25) is 4.79 Å². The van der Waals surface area contributed by atoms with Crippen molar-refractivity contribution >= 4 is 15.9 Å². The minimum atomic E-state index is -3.47. The molecule has 1 amide bonds. The van der Waals surface area contributed by atoms with Gasteiger partial charge in [0.05, 0.1) is 18.1 Å². The second kappa shape index (κ2) is 8.41. The van der Waals surface area contributed by atoms with Gasteiger partial charge >= 0.3 is 0 Å². The number of morpholine rings is 1. The predicted octanol–water partition coefficient (Wildman–Crippen LogP) is 1.68. The molecule has 0 aromatic heterocycles. The number of ether oxygens (including phenoxy) is 1. The average molecular weight is 352 g/mol. The van der Waals surface area contributed by atoms with Gasteiger partial charge in [0, 0.05) is 25.2 Å². The Balaban J connectivity index is 2.00. The number of amides is 1. The van der Waals surface area contributed by atoms with Crippen LogP contribution in [-0.4, -0.2) is 44.9 Å². The average Bonchev–Trinajstić information content (AvgIpc) is 2.61. The molecule has 1 N–H and O–H groups in total. The van der Waals surface area contributed by atoms with Crippen molar-refractivity contribution in [2.24, 2.45) is 0 Å². The first-order valence-corrected chi connectivity index (χ1v) is 9.51. The molecule has 1 aromatic carbocycles. The molecule has 0 bridgehead atoms. The number of hydrogen-bond acceptors (Lipinski definition) is 4. The standard InChI is InChI=1S/C17H24N2O4S/c1-3-4-14(2)17(20)18-13-15-5-7-16(8-6-15)24(21,22)19-9-11-23-12-10-19/h4-8H,3,9-13H2,1-2H3,(H,18,20)/b14-4+. The van der Waals surface area contributed by atoms with Crippen molar-refractivity contribution in [3.63, 3.8) is 0 Å². The van der Waals surface area contributed by atoms with Crippen LogP contribution in [0, 0.1) is 0 Å². The van der Waals surface area contributed by atoms with Gasteiger partial charge in [0.2, 0.25) is 15.9 Å². The predicted molar refractivity (Wildman–Crippen MR) is 91.9 cm³/mol. The Bertz CT molecular complexity index is 690. The third-order valence-electron chi connectivity index (χ3n) is 3.85. The van der Waals surface area contributed by atoms with Crippen LogP contribution in [0.4, 0.5) is 0 Å². The quantitative estimate of drug-likeness (QED) is 0.791. The molecule has 1 saturated heterocycles. The van der Waals surface area contributed by atoms with E-state index in [1.807, 2.05) is 13.0 Å². The van der Waals surface area contributed by atoms with E-state index in [0.29, 0.717) is 38.4 Å². The fourth-order valence-electron chi connectivity index (χ4n) is 2.44. The third kappa shape index (κ3) is 4.66. The number of benzene rings is 1.